The third kappa shape index (κ3) is 4.44. The van der Waals surface area contributed by atoms with Gasteiger partial charge in [0, 0.05) is 35.9 Å². The van der Waals surface area contributed by atoms with Crippen molar-refractivity contribution in [3.05, 3.63) is 102 Å². The number of aromatic nitrogens is 2. The minimum Gasteiger partial charge on any atom is -0.467 e. The predicted molar refractivity (Wildman–Crippen MR) is 140 cm³/mol. The van der Waals surface area contributed by atoms with E-state index in [1.54, 1.807) is 6.26 Å². The van der Waals surface area contributed by atoms with Gasteiger partial charge in [0.2, 0.25) is 5.91 Å². The molecule has 1 aromatic carbocycles. The minimum atomic E-state index is -0.128. The number of carbonyl (C=O) groups excluding carboxylic acids is 1. The average Bonchev–Trinajstić information content (AvgIpc) is 3.55. The van der Waals surface area contributed by atoms with Crippen molar-refractivity contribution in [2.45, 2.75) is 39.4 Å². The second kappa shape index (κ2) is 9.38. The van der Waals surface area contributed by atoms with Crippen LogP contribution in [-0.2, 0) is 11.3 Å². The van der Waals surface area contributed by atoms with E-state index in [4.69, 9.17) is 16.6 Å². The number of nitrogens with one attached hydrogen (secondary N) is 2. The van der Waals surface area contributed by atoms with Gasteiger partial charge in [-0.2, -0.15) is 0 Å². The first-order valence-corrected chi connectivity index (χ1v) is 11.9. The molecule has 2 N–H and O–H groups in total. The van der Waals surface area contributed by atoms with Gasteiger partial charge in [-0.25, -0.2) is 0 Å². The van der Waals surface area contributed by atoms with E-state index >= 15 is 0 Å². The number of furan rings is 1. The highest BCUT2D eigenvalue weighted by molar-refractivity contribution is 7.80. The van der Waals surface area contributed by atoms with Crippen LogP contribution in [0.5, 0.6) is 0 Å². The standard InChI is InChI=1S/C27H27N5O2S/c1-17-15-23(18(2)31(17)16-22-7-6-14-34-22)26-25(24-8-4-5-13-28-24)30-27(35)32(26)21-11-9-20(10-12-21)29-19(3)33/h4-15,25-26H,16H2,1-3H3,(H,29,33)(H,30,35)/t25-,26+/m0/s1. The molecule has 0 saturated carbocycles. The van der Waals surface area contributed by atoms with Crippen LogP contribution >= 0.6 is 12.2 Å². The summed E-state index contributed by atoms with van der Waals surface area (Å²) in [6.07, 6.45) is 3.51. The Bertz CT molecular complexity index is 1350. The molecule has 4 aromatic rings. The summed E-state index contributed by atoms with van der Waals surface area (Å²) in [6.45, 7) is 6.41. The summed E-state index contributed by atoms with van der Waals surface area (Å²) >= 11 is 5.85. The first-order valence-electron chi connectivity index (χ1n) is 11.5. The van der Waals surface area contributed by atoms with Crippen molar-refractivity contribution in [1.82, 2.24) is 14.9 Å². The molecule has 35 heavy (non-hydrogen) atoms. The van der Waals surface area contributed by atoms with Gasteiger partial charge in [0.15, 0.2) is 5.11 Å². The summed E-state index contributed by atoms with van der Waals surface area (Å²) in [4.78, 5) is 18.3. The molecule has 0 unspecified atom stereocenters. The zero-order chi connectivity index (χ0) is 24.5. The number of thiocarbonyl (C=S) groups is 1. The number of hydrogen-bond donors (Lipinski definition) is 2. The van der Waals surface area contributed by atoms with Gasteiger partial charge in [-0.15, -0.1) is 0 Å². The fourth-order valence-electron chi connectivity index (χ4n) is 4.79. The van der Waals surface area contributed by atoms with Crippen molar-refractivity contribution in [2.75, 3.05) is 10.2 Å². The monoisotopic (exact) mass is 485 g/mol. The molecule has 1 aliphatic heterocycles. The molecule has 4 heterocycles. The topological polar surface area (TPSA) is 75.3 Å². The summed E-state index contributed by atoms with van der Waals surface area (Å²) < 4.78 is 7.88. The molecule has 0 radical (unpaired) electrons. The lowest BCUT2D eigenvalue weighted by molar-refractivity contribution is -0.114. The number of amides is 1. The SMILES string of the molecule is CC(=O)Nc1ccc(N2C(=S)N[C@@H](c3ccccn3)[C@H]2c2cc(C)n(Cc3ccco3)c2C)cc1. The Balaban J connectivity index is 1.58. The lowest BCUT2D eigenvalue weighted by atomic mass is 9.96. The lowest BCUT2D eigenvalue weighted by Gasteiger charge is -2.28. The highest BCUT2D eigenvalue weighted by atomic mass is 32.1. The summed E-state index contributed by atoms with van der Waals surface area (Å²) in [7, 11) is 0. The molecule has 1 aliphatic rings. The Morgan fingerprint density at radius 2 is 1.94 bits per heavy atom. The summed E-state index contributed by atoms with van der Waals surface area (Å²) in [5.41, 5.74) is 6.07. The van der Waals surface area contributed by atoms with Gasteiger partial charge in [0.1, 0.15) is 5.76 Å². The van der Waals surface area contributed by atoms with Crippen molar-refractivity contribution in [2.24, 2.45) is 0 Å². The van der Waals surface area contributed by atoms with Gasteiger partial charge in [-0.1, -0.05) is 6.07 Å². The molecular formula is C27H27N5O2S. The molecule has 0 spiro atoms. The summed E-state index contributed by atoms with van der Waals surface area (Å²) in [5.74, 6) is 0.804. The van der Waals surface area contributed by atoms with E-state index in [1.165, 1.54) is 12.5 Å². The maximum Gasteiger partial charge on any atom is 0.221 e. The number of aryl methyl sites for hydroxylation is 1. The van der Waals surface area contributed by atoms with Crippen molar-refractivity contribution >= 4 is 34.6 Å². The fraction of sp³-hybridized carbons (Fsp3) is 0.222. The van der Waals surface area contributed by atoms with Crippen LogP contribution in [0.25, 0.3) is 0 Å². The second-order valence-electron chi connectivity index (χ2n) is 8.72. The molecule has 2 atom stereocenters. The van der Waals surface area contributed by atoms with Crippen LogP contribution in [-0.4, -0.2) is 20.6 Å². The molecule has 1 saturated heterocycles. The zero-order valence-electron chi connectivity index (χ0n) is 19.9. The first kappa shape index (κ1) is 22.9. The van der Waals surface area contributed by atoms with E-state index in [9.17, 15) is 4.79 Å². The van der Waals surface area contributed by atoms with Gasteiger partial charge in [0.05, 0.1) is 30.6 Å². The summed E-state index contributed by atoms with van der Waals surface area (Å²) in [6, 6.07) is 19.6. The maximum absolute atomic E-state index is 11.5. The van der Waals surface area contributed by atoms with Crippen molar-refractivity contribution in [3.8, 4) is 0 Å². The highest BCUT2D eigenvalue weighted by Crippen LogP contribution is 2.43. The largest absolute Gasteiger partial charge is 0.467 e. The maximum atomic E-state index is 11.5. The third-order valence-electron chi connectivity index (χ3n) is 6.39. The van der Waals surface area contributed by atoms with Crippen LogP contribution in [0, 0.1) is 13.8 Å². The Hall–Kier alpha value is -3.91. The van der Waals surface area contributed by atoms with E-state index in [2.05, 4.69) is 45.0 Å². The van der Waals surface area contributed by atoms with E-state index in [0.717, 1.165) is 34.2 Å². The van der Waals surface area contributed by atoms with Crippen LogP contribution in [0.4, 0.5) is 11.4 Å². The molecule has 0 bridgehead atoms. The molecule has 0 aliphatic carbocycles. The van der Waals surface area contributed by atoms with E-state index in [1.807, 2.05) is 60.8 Å². The lowest BCUT2D eigenvalue weighted by Crippen LogP contribution is -2.29. The minimum absolute atomic E-state index is 0.104. The molecule has 1 amide bonds. The van der Waals surface area contributed by atoms with Crippen molar-refractivity contribution < 1.29 is 9.21 Å². The smallest absolute Gasteiger partial charge is 0.221 e. The highest BCUT2D eigenvalue weighted by Gasteiger charge is 2.42. The quantitative estimate of drug-likeness (QED) is 0.362. The number of pyridine rings is 1. The third-order valence-corrected chi connectivity index (χ3v) is 6.70. The average molecular weight is 486 g/mol. The number of anilines is 2. The van der Waals surface area contributed by atoms with Crippen LogP contribution in [0.3, 0.4) is 0 Å². The molecule has 7 nitrogen and oxygen atoms in total. The summed E-state index contributed by atoms with van der Waals surface area (Å²) in [5, 5.41) is 6.97. The van der Waals surface area contributed by atoms with Gasteiger partial charge >= 0.3 is 0 Å². The second-order valence-corrected chi connectivity index (χ2v) is 9.10. The van der Waals surface area contributed by atoms with Crippen LogP contribution in [0.15, 0.2) is 77.5 Å². The Labute approximate surface area is 209 Å². The molecule has 5 rings (SSSR count). The van der Waals surface area contributed by atoms with E-state index in [0.29, 0.717) is 11.7 Å². The number of rotatable bonds is 6. The molecular weight excluding hydrogens is 458 g/mol. The Kier molecular flexibility index (Phi) is 6.13. The first-order chi connectivity index (χ1) is 16.9. The molecule has 1 fully saturated rings. The zero-order valence-corrected chi connectivity index (χ0v) is 20.7. The molecule has 3 aromatic heterocycles. The van der Waals surface area contributed by atoms with Gasteiger partial charge in [0.25, 0.3) is 0 Å². The molecule has 178 valence electrons. The number of hydrogen-bond acceptors (Lipinski definition) is 4. The Morgan fingerprint density at radius 3 is 2.60 bits per heavy atom. The number of nitrogens with zero attached hydrogens (tertiary/aromatic N) is 3. The van der Waals surface area contributed by atoms with Gasteiger partial charge in [-0.05, 0) is 86.2 Å². The van der Waals surface area contributed by atoms with Crippen LogP contribution in [0.1, 0.15) is 47.4 Å². The Morgan fingerprint density at radius 1 is 1.14 bits per heavy atom. The van der Waals surface area contributed by atoms with E-state index in [-0.39, 0.29) is 18.0 Å². The van der Waals surface area contributed by atoms with Crippen LogP contribution in [0.2, 0.25) is 0 Å². The van der Waals surface area contributed by atoms with Crippen molar-refractivity contribution in [3.63, 3.8) is 0 Å². The van der Waals surface area contributed by atoms with Gasteiger partial charge in [-0.3, -0.25) is 9.78 Å². The van der Waals surface area contributed by atoms with Gasteiger partial charge < -0.3 is 24.5 Å². The predicted octanol–water partition coefficient (Wildman–Crippen LogP) is 5.28. The van der Waals surface area contributed by atoms with Crippen LogP contribution < -0.4 is 15.5 Å². The van der Waals surface area contributed by atoms with E-state index < -0.39 is 0 Å². The van der Waals surface area contributed by atoms with Crippen molar-refractivity contribution in [1.29, 1.82) is 0 Å². The number of carbonyl (C=O) groups is 1. The number of benzene rings is 1. The normalized spacial score (nSPS) is 17.5. The fourth-order valence-corrected chi connectivity index (χ4v) is 5.13. The molecule has 8 heteroatoms.